The molecule has 2 aromatic carbocycles. The van der Waals surface area contributed by atoms with Gasteiger partial charge in [0.25, 0.3) is 11.8 Å². The Bertz CT molecular complexity index is 669. The molecule has 2 amide bonds. The fourth-order valence-electron chi connectivity index (χ4n) is 1.52. The van der Waals surface area contributed by atoms with Crippen LogP contribution >= 0.6 is 34.8 Å². The van der Waals surface area contributed by atoms with E-state index >= 15 is 0 Å². The third kappa shape index (κ3) is 3.51. The van der Waals surface area contributed by atoms with Crippen molar-refractivity contribution in [1.82, 2.24) is 5.32 Å². The van der Waals surface area contributed by atoms with Crippen LogP contribution in [0.2, 0.25) is 15.1 Å². The monoisotopic (exact) mass is 327 g/mol. The van der Waals surface area contributed by atoms with E-state index in [-0.39, 0.29) is 10.6 Å². The van der Waals surface area contributed by atoms with Gasteiger partial charge < -0.3 is 0 Å². The zero-order valence-electron chi connectivity index (χ0n) is 9.99. The molecule has 3 nitrogen and oxygen atoms in total. The number of imide groups is 1. The van der Waals surface area contributed by atoms with Crippen LogP contribution in [0.3, 0.4) is 0 Å². The van der Waals surface area contributed by atoms with Gasteiger partial charge in [0.2, 0.25) is 0 Å². The summed E-state index contributed by atoms with van der Waals surface area (Å²) in [6.45, 7) is 0. The average molecular weight is 329 g/mol. The molecule has 0 saturated carbocycles. The van der Waals surface area contributed by atoms with Crippen LogP contribution < -0.4 is 5.32 Å². The third-order valence-corrected chi connectivity index (χ3v) is 3.31. The number of carbonyl (C=O) groups excluding carboxylic acids is 2. The molecular weight excluding hydrogens is 321 g/mol. The molecule has 0 bridgehead atoms. The van der Waals surface area contributed by atoms with Crippen molar-refractivity contribution in [3.8, 4) is 0 Å². The molecule has 0 heterocycles. The van der Waals surface area contributed by atoms with Gasteiger partial charge in [-0.05, 0) is 42.5 Å². The predicted molar refractivity (Wildman–Crippen MR) is 79.7 cm³/mol. The van der Waals surface area contributed by atoms with Crippen LogP contribution in [0.5, 0.6) is 0 Å². The molecule has 0 spiro atoms. The molecule has 1 N–H and O–H groups in total. The molecule has 0 aliphatic carbocycles. The second kappa shape index (κ2) is 6.27. The summed E-state index contributed by atoms with van der Waals surface area (Å²) in [4.78, 5) is 23.8. The van der Waals surface area contributed by atoms with E-state index in [2.05, 4.69) is 5.32 Å². The Kier molecular flexibility index (Phi) is 4.65. The van der Waals surface area contributed by atoms with E-state index in [1.54, 1.807) is 12.1 Å². The number of hydrogen-bond acceptors (Lipinski definition) is 2. The van der Waals surface area contributed by atoms with E-state index in [4.69, 9.17) is 34.8 Å². The summed E-state index contributed by atoms with van der Waals surface area (Å²) in [6, 6.07) is 10.6. The number of halogens is 3. The zero-order valence-corrected chi connectivity index (χ0v) is 12.3. The van der Waals surface area contributed by atoms with Crippen LogP contribution in [-0.2, 0) is 0 Å². The van der Waals surface area contributed by atoms with Crippen molar-refractivity contribution >= 4 is 46.6 Å². The number of benzene rings is 2. The highest BCUT2D eigenvalue weighted by Gasteiger charge is 2.15. The largest absolute Gasteiger partial charge is 0.288 e. The molecular formula is C14H8Cl3NO2. The van der Waals surface area contributed by atoms with Crippen LogP contribution in [0.15, 0.2) is 42.5 Å². The fourth-order valence-corrected chi connectivity index (χ4v) is 2.14. The average Bonchev–Trinajstić information content (AvgIpc) is 2.39. The first-order chi connectivity index (χ1) is 9.47. The Morgan fingerprint density at radius 2 is 1.40 bits per heavy atom. The van der Waals surface area contributed by atoms with Crippen LogP contribution in [0.1, 0.15) is 20.7 Å². The fraction of sp³-hybridized carbons (Fsp3) is 0. The maximum absolute atomic E-state index is 11.9. The second-order valence-corrected chi connectivity index (χ2v) is 5.19. The Labute approximate surface area is 130 Å². The molecule has 0 saturated heterocycles. The van der Waals surface area contributed by atoms with Crippen LogP contribution in [0, 0.1) is 0 Å². The van der Waals surface area contributed by atoms with E-state index in [0.717, 1.165) is 0 Å². The normalized spacial score (nSPS) is 10.2. The lowest BCUT2D eigenvalue weighted by atomic mass is 10.2. The molecule has 6 heteroatoms. The molecule has 20 heavy (non-hydrogen) atoms. The minimum absolute atomic E-state index is 0.179. The Morgan fingerprint density at radius 3 is 2.00 bits per heavy atom. The topological polar surface area (TPSA) is 46.2 Å². The van der Waals surface area contributed by atoms with Gasteiger partial charge in [-0.2, -0.15) is 0 Å². The SMILES string of the molecule is O=C(NC(=O)c1ccc(Cl)cc1Cl)c1ccc(Cl)cc1. The summed E-state index contributed by atoms with van der Waals surface area (Å²) in [5.41, 5.74) is 0.506. The van der Waals surface area contributed by atoms with Gasteiger partial charge in [-0.15, -0.1) is 0 Å². The molecule has 2 aromatic rings. The van der Waals surface area contributed by atoms with Gasteiger partial charge in [0.15, 0.2) is 0 Å². The molecule has 0 aliphatic rings. The van der Waals surface area contributed by atoms with Gasteiger partial charge in [0, 0.05) is 15.6 Å². The maximum atomic E-state index is 11.9. The van der Waals surface area contributed by atoms with E-state index in [0.29, 0.717) is 15.6 Å². The minimum atomic E-state index is -0.591. The number of nitrogens with one attached hydrogen (secondary N) is 1. The molecule has 2 rings (SSSR count). The molecule has 0 aliphatic heterocycles. The van der Waals surface area contributed by atoms with Crippen molar-refractivity contribution in [2.75, 3.05) is 0 Å². The first-order valence-corrected chi connectivity index (χ1v) is 6.67. The second-order valence-electron chi connectivity index (χ2n) is 3.91. The van der Waals surface area contributed by atoms with Gasteiger partial charge >= 0.3 is 0 Å². The summed E-state index contributed by atoms with van der Waals surface area (Å²) in [6.07, 6.45) is 0. The summed E-state index contributed by atoms with van der Waals surface area (Å²) in [5, 5.41) is 3.34. The van der Waals surface area contributed by atoms with Gasteiger partial charge in [-0.25, -0.2) is 0 Å². The summed E-state index contributed by atoms with van der Waals surface area (Å²) in [5.74, 6) is -1.12. The Balaban J connectivity index is 2.15. The number of hydrogen-bond donors (Lipinski definition) is 1. The van der Waals surface area contributed by atoms with Crippen molar-refractivity contribution in [2.24, 2.45) is 0 Å². The number of carbonyl (C=O) groups is 2. The molecule has 0 radical (unpaired) electrons. The van der Waals surface area contributed by atoms with Crippen molar-refractivity contribution in [3.63, 3.8) is 0 Å². The van der Waals surface area contributed by atoms with Crippen LogP contribution in [0.4, 0.5) is 0 Å². The molecule has 0 fully saturated rings. The third-order valence-electron chi connectivity index (χ3n) is 2.51. The van der Waals surface area contributed by atoms with E-state index in [9.17, 15) is 9.59 Å². The van der Waals surface area contributed by atoms with Gasteiger partial charge in [-0.3, -0.25) is 14.9 Å². The highest BCUT2D eigenvalue weighted by Crippen LogP contribution is 2.21. The van der Waals surface area contributed by atoms with E-state index in [1.165, 1.54) is 30.3 Å². The number of amides is 2. The smallest absolute Gasteiger partial charge is 0.259 e. The predicted octanol–water partition coefficient (Wildman–Crippen LogP) is 4.22. The summed E-state index contributed by atoms with van der Waals surface area (Å²) >= 11 is 17.4. The van der Waals surface area contributed by atoms with Crippen molar-refractivity contribution in [2.45, 2.75) is 0 Å². The van der Waals surface area contributed by atoms with Gasteiger partial charge in [0.05, 0.1) is 10.6 Å². The minimum Gasteiger partial charge on any atom is -0.288 e. The first-order valence-electron chi connectivity index (χ1n) is 5.53. The molecule has 102 valence electrons. The Hall–Kier alpha value is -1.55. The highest BCUT2D eigenvalue weighted by atomic mass is 35.5. The van der Waals surface area contributed by atoms with Crippen LogP contribution in [0.25, 0.3) is 0 Å². The molecule has 0 aromatic heterocycles. The lowest BCUT2D eigenvalue weighted by molar-refractivity contribution is 0.0849. The summed E-state index contributed by atoms with van der Waals surface area (Å²) < 4.78 is 0. The van der Waals surface area contributed by atoms with Gasteiger partial charge in [-0.1, -0.05) is 34.8 Å². The highest BCUT2D eigenvalue weighted by molar-refractivity contribution is 6.37. The first kappa shape index (κ1) is 14.9. The number of rotatable bonds is 2. The van der Waals surface area contributed by atoms with E-state index < -0.39 is 11.8 Å². The molecule has 0 atom stereocenters. The Morgan fingerprint density at radius 1 is 0.800 bits per heavy atom. The summed E-state index contributed by atoms with van der Waals surface area (Å²) in [7, 11) is 0. The van der Waals surface area contributed by atoms with Crippen molar-refractivity contribution in [1.29, 1.82) is 0 Å². The zero-order chi connectivity index (χ0) is 14.7. The van der Waals surface area contributed by atoms with E-state index in [1.807, 2.05) is 0 Å². The standard InChI is InChI=1S/C14H8Cl3NO2/c15-9-3-1-8(2-4-9)13(19)18-14(20)11-6-5-10(16)7-12(11)17/h1-7H,(H,18,19,20). The quantitative estimate of drug-likeness (QED) is 0.839. The lowest BCUT2D eigenvalue weighted by Gasteiger charge is -2.06. The maximum Gasteiger partial charge on any atom is 0.259 e. The lowest BCUT2D eigenvalue weighted by Crippen LogP contribution is -2.30. The van der Waals surface area contributed by atoms with Crippen molar-refractivity contribution in [3.05, 3.63) is 68.7 Å². The van der Waals surface area contributed by atoms with Gasteiger partial charge in [0.1, 0.15) is 0 Å². The van der Waals surface area contributed by atoms with Crippen LogP contribution in [-0.4, -0.2) is 11.8 Å². The molecule has 0 unspecified atom stereocenters. The van der Waals surface area contributed by atoms with Crippen molar-refractivity contribution < 1.29 is 9.59 Å².